The van der Waals surface area contributed by atoms with Crippen LogP contribution in [0, 0.1) is 0 Å². The van der Waals surface area contributed by atoms with Gasteiger partial charge < -0.3 is 5.11 Å². The largest absolute Gasteiger partial charge is 0.505 e. The highest BCUT2D eigenvalue weighted by Crippen LogP contribution is 2.39. The lowest BCUT2D eigenvalue weighted by molar-refractivity contribution is -0.142. The van der Waals surface area contributed by atoms with Crippen molar-refractivity contribution in [1.82, 2.24) is 4.98 Å². The van der Waals surface area contributed by atoms with Crippen LogP contribution in [-0.4, -0.2) is 10.1 Å². The van der Waals surface area contributed by atoms with Crippen LogP contribution in [0.5, 0.6) is 5.75 Å². The maximum Gasteiger partial charge on any atom is 0.437 e. The zero-order valence-corrected chi connectivity index (χ0v) is 8.40. The average Bonchev–Trinajstić information content (AvgIpc) is 2.06. The Hall–Kier alpha value is -0.920. The number of alkyl halides is 5. The topological polar surface area (TPSA) is 33.1 Å². The van der Waals surface area contributed by atoms with Crippen molar-refractivity contribution in [2.24, 2.45) is 0 Å². The molecular formula is C7H3BrF5NO. The van der Waals surface area contributed by atoms with E-state index < -0.39 is 34.2 Å². The Morgan fingerprint density at radius 2 is 1.87 bits per heavy atom. The van der Waals surface area contributed by atoms with Gasteiger partial charge in [-0.15, -0.1) is 0 Å². The predicted molar refractivity (Wildman–Crippen MR) is 43.6 cm³/mol. The molecule has 0 spiro atoms. The van der Waals surface area contributed by atoms with E-state index in [9.17, 15) is 22.0 Å². The second kappa shape index (κ2) is 3.92. The smallest absolute Gasteiger partial charge is 0.437 e. The van der Waals surface area contributed by atoms with E-state index in [0.29, 0.717) is 6.07 Å². The molecule has 1 aromatic heterocycles. The molecule has 84 valence electrons. The van der Waals surface area contributed by atoms with Crippen LogP contribution in [0.1, 0.15) is 17.8 Å². The number of nitrogens with zero attached hydrogens (tertiary/aromatic N) is 1. The van der Waals surface area contributed by atoms with Gasteiger partial charge in [-0.05, 0) is 22.0 Å². The van der Waals surface area contributed by atoms with Crippen LogP contribution in [0.2, 0.25) is 0 Å². The fourth-order valence-electron chi connectivity index (χ4n) is 0.835. The van der Waals surface area contributed by atoms with Gasteiger partial charge in [0.25, 0.3) is 6.43 Å². The lowest BCUT2D eigenvalue weighted by atomic mass is 10.2. The highest BCUT2D eigenvalue weighted by atomic mass is 79.9. The molecule has 0 unspecified atom stereocenters. The summed E-state index contributed by atoms with van der Waals surface area (Å²) < 4.78 is 60.3. The Labute approximate surface area is 88.9 Å². The summed E-state index contributed by atoms with van der Waals surface area (Å²) in [6.45, 7) is 0. The Morgan fingerprint density at radius 1 is 1.33 bits per heavy atom. The minimum Gasteiger partial charge on any atom is -0.505 e. The molecule has 2 nitrogen and oxygen atoms in total. The summed E-state index contributed by atoms with van der Waals surface area (Å²) in [5.74, 6) is -1.20. The summed E-state index contributed by atoms with van der Waals surface area (Å²) >= 11 is 2.53. The van der Waals surface area contributed by atoms with Crippen molar-refractivity contribution < 1.29 is 27.1 Å². The molecule has 1 aromatic rings. The number of hydrogen-bond donors (Lipinski definition) is 1. The molecule has 1 rings (SSSR count). The molecule has 0 saturated heterocycles. The van der Waals surface area contributed by atoms with Gasteiger partial charge in [0.05, 0.1) is 4.47 Å². The molecule has 0 radical (unpaired) electrons. The number of aromatic nitrogens is 1. The lowest BCUT2D eigenvalue weighted by Crippen LogP contribution is -2.10. The molecule has 0 aliphatic carbocycles. The number of aromatic hydroxyl groups is 1. The summed E-state index contributed by atoms with van der Waals surface area (Å²) in [6, 6.07) is 0.634. The molecule has 0 aromatic carbocycles. The van der Waals surface area contributed by atoms with Gasteiger partial charge in [-0.25, -0.2) is 13.8 Å². The van der Waals surface area contributed by atoms with E-state index in [1.54, 1.807) is 0 Å². The van der Waals surface area contributed by atoms with Crippen LogP contribution in [0.15, 0.2) is 10.5 Å². The van der Waals surface area contributed by atoms with Gasteiger partial charge >= 0.3 is 6.18 Å². The van der Waals surface area contributed by atoms with E-state index in [4.69, 9.17) is 5.11 Å². The first kappa shape index (κ1) is 12.2. The van der Waals surface area contributed by atoms with E-state index in [2.05, 4.69) is 20.9 Å². The zero-order valence-electron chi connectivity index (χ0n) is 6.82. The van der Waals surface area contributed by atoms with Crippen molar-refractivity contribution >= 4 is 15.9 Å². The first-order valence-corrected chi connectivity index (χ1v) is 4.27. The summed E-state index contributed by atoms with van der Waals surface area (Å²) in [4.78, 5) is 2.65. The monoisotopic (exact) mass is 291 g/mol. The normalized spacial score (nSPS) is 12.2. The molecular weight excluding hydrogens is 289 g/mol. The van der Waals surface area contributed by atoms with Crippen molar-refractivity contribution in [3.05, 3.63) is 21.9 Å². The first-order valence-electron chi connectivity index (χ1n) is 3.48. The molecule has 8 heteroatoms. The Morgan fingerprint density at radius 3 is 2.27 bits per heavy atom. The maximum atomic E-state index is 12.2. The molecule has 0 fully saturated rings. The van der Waals surface area contributed by atoms with Gasteiger partial charge in [0.15, 0.2) is 11.4 Å². The van der Waals surface area contributed by atoms with Crippen LogP contribution in [0.25, 0.3) is 0 Å². The molecule has 1 N–H and O–H groups in total. The molecule has 0 aliphatic heterocycles. The van der Waals surface area contributed by atoms with Crippen LogP contribution < -0.4 is 0 Å². The highest BCUT2D eigenvalue weighted by Gasteiger charge is 2.37. The van der Waals surface area contributed by atoms with E-state index in [-0.39, 0.29) is 0 Å². The summed E-state index contributed by atoms with van der Waals surface area (Å²) in [6.07, 6.45) is -8.11. The van der Waals surface area contributed by atoms with Crippen LogP contribution in [-0.2, 0) is 6.18 Å². The van der Waals surface area contributed by atoms with Crippen molar-refractivity contribution in [3.63, 3.8) is 0 Å². The third kappa shape index (κ3) is 2.55. The Kier molecular flexibility index (Phi) is 3.17. The highest BCUT2D eigenvalue weighted by molar-refractivity contribution is 9.10. The second-order valence-corrected chi connectivity index (χ2v) is 3.38. The third-order valence-electron chi connectivity index (χ3n) is 1.46. The molecule has 0 aliphatic rings. The Balaban J connectivity index is 3.38. The molecule has 0 atom stereocenters. The van der Waals surface area contributed by atoms with Crippen molar-refractivity contribution in [1.29, 1.82) is 0 Å². The third-order valence-corrected chi connectivity index (χ3v) is 2.06. The fourth-order valence-corrected chi connectivity index (χ4v) is 1.26. The Bertz CT molecular complexity index is 378. The average molecular weight is 292 g/mol. The minimum atomic E-state index is -4.97. The van der Waals surface area contributed by atoms with Gasteiger partial charge in [-0.3, -0.25) is 0 Å². The number of pyridine rings is 1. The molecule has 15 heavy (non-hydrogen) atoms. The summed E-state index contributed by atoms with van der Waals surface area (Å²) in [5.41, 5.74) is -2.78. The van der Waals surface area contributed by atoms with Gasteiger partial charge in [-0.2, -0.15) is 13.2 Å². The summed E-state index contributed by atoms with van der Waals surface area (Å²) in [5, 5.41) is 8.97. The van der Waals surface area contributed by atoms with E-state index in [1.807, 2.05) is 0 Å². The van der Waals surface area contributed by atoms with Crippen LogP contribution >= 0.6 is 15.9 Å². The maximum absolute atomic E-state index is 12.2. The van der Waals surface area contributed by atoms with Crippen LogP contribution in [0.4, 0.5) is 22.0 Å². The second-order valence-electron chi connectivity index (χ2n) is 2.52. The van der Waals surface area contributed by atoms with Crippen LogP contribution in [0.3, 0.4) is 0 Å². The number of halogens is 6. The van der Waals surface area contributed by atoms with Gasteiger partial charge in [0.1, 0.15) is 5.69 Å². The number of hydrogen-bond acceptors (Lipinski definition) is 2. The first-order chi connectivity index (χ1) is 6.73. The van der Waals surface area contributed by atoms with Crippen molar-refractivity contribution in [2.75, 3.05) is 0 Å². The lowest BCUT2D eigenvalue weighted by Gasteiger charge is -2.10. The summed E-state index contributed by atoms with van der Waals surface area (Å²) in [7, 11) is 0. The van der Waals surface area contributed by atoms with Gasteiger partial charge in [0.2, 0.25) is 0 Å². The van der Waals surface area contributed by atoms with E-state index in [0.717, 1.165) is 0 Å². The molecule has 0 bridgehead atoms. The predicted octanol–water partition coefficient (Wildman–Crippen LogP) is 3.51. The van der Waals surface area contributed by atoms with E-state index >= 15 is 0 Å². The standard InChI is InChI=1S/C7H3BrF5NO/c8-2-1-3(6(9)10)14-5(4(2)15)7(11,12)13/h1,6,15H. The molecule has 1 heterocycles. The fraction of sp³-hybridized carbons (Fsp3) is 0.286. The van der Waals surface area contributed by atoms with Crippen molar-refractivity contribution in [3.8, 4) is 5.75 Å². The SMILES string of the molecule is Oc1c(Br)cc(C(F)F)nc1C(F)(F)F. The quantitative estimate of drug-likeness (QED) is 0.803. The van der Waals surface area contributed by atoms with Gasteiger partial charge in [-0.1, -0.05) is 0 Å². The van der Waals surface area contributed by atoms with E-state index in [1.165, 1.54) is 0 Å². The number of rotatable bonds is 1. The zero-order chi connectivity index (χ0) is 11.8. The van der Waals surface area contributed by atoms with Crippen molar-refractivity contribution in [2.45, 2.75) is 12.6 Å². The van der Waals surface area contributed by atoms with Gasteiger partial charge in [0, 0.05) is 0 Å². The molecule has 0 amide bonds. The molecule has 0 saturated carbocycles. The minimum absolute atomic E-state index is 0.472.